The Labute approximate surface area is 113 Å². The second-order valence-corrected chi connectivity index (χ2v) is 5.72. The summed E-state index contributed by atoms with van der Waals surface area (Å²) in [5.74, 6) is 0.605. The number of likely N-dealkylation sites (tertiary alicyclic amines) is 1. The fourth-order valence-corrected chi connectivity index (χ4v) is 2.71. The first-order chi connectivity index (χ1) is 8.06. The Balaban J connectivity index is 2.00. The molecule has 1 fully saturated rings. The summed E-state index contributed by atoms with van der Waals surface area (Å²) in [5.41, 5.74) is 7.03. The van der Waals surface area contributed by atoms with E-state index in [0.29, 0.717) is 5.92 Å². The molecule has 0 aliphatic carbocycles. The normalized spacial score (nSPS) is 22.9. The topological polar surface area (TPSA) is 29.3 Å². The van der Waals surface area contributed by atoms with Gasteiger partial charge in [-0.2, -0.15) is 0 Å². The lowest BCUT2D eigenvalue weighted by Gasteiger charge is -2.18. The predicted molar refractivity (Wildman–Crippen MR) is 73.5 cm³/mol. The van der Waals surface area contributed by atoms with Crippen LogP contribution in [0.4, 0.5) is 0 Å². The van der Waals surface area contributed by atoms with Crippen LogP contribution < -0.4 is 5.73 Å². The van der Waals surface area contributed by atoms with Crippen molar-refractivity contribution in [2.75, 3.05) is 13.1 Å². The number of rotatable bonds is 3. The smallest absolute Gasteiger partial charge is 0.0452 e. The maximum atomic E-state index is 6.16. The summed E-state index contributed by atoms with van der Waals surface area (Å²) in [6, 6.07) is 5.90. The Morgan fingerprint density at radius 2 is 2.24 bits per heavy atom. The van der Waals surface area contributed by atoms with Gasteiger partial charge in [0.2, 0.25) is 0 Å². The molecule has 4 heteroatoms. The van der Waals surface area contributed by atoms with Crippen LogP contribution >= 0.6 is 23.2 Å². The van der Waals surface area contributed by atoms with Crippen LogP contribution in [0.15, 0.2) is 18.2 Å². The highest BCUT2D eigenvalue weighted by atomic mass is 35.5. The molecule has 1 saturated heterocycles. The molecule has 0 aromatic heterocycles. The second kappa shape index (κ2) is 5.57. The van der Waals surface area contributed by atoms with E-state index in [1.807, 2.05) is 18.2 Å². The molecule has 1 aliphatic rings. The summed E-state index contributed by atoms with van der Waals surface area (Å²) in [5, 5.41) is 1.53. The highest BCUT2D eigenvalue weighted by molar-refractivity contribution is 6.33. The fraction of sp³-hybridized carbons (Fsp3) is 0.538. The first kappa shape index (κ1) is 13.2. The van der Waals surface area contributed by atoms with Crippen LogP contribution in [-0.4, -0.2) is 24.0 Å². The van der Waals surface area contributed by atoms with E-state index in [2.05, 4.69) is 11.8 Å². The third-order valence-corrected chi connectivity index (χ3v) is 4.06. The van der Waals surface area contributed by atoms with E-state index in [4.69, 9.17) is 28.9 Å². The minimum atomic E-state index is 0.273. The number of hydrogen-bond acceptors (Lipinski definition) is 2. The third kappa shape index (κ3) is 3.35. The van der Waals surface area contributed by atoms with Gasteiger partial charge in [-0.25, -0.2) is 0 Å². The molecule has 2 unspecified atom stereocenters. The first-order valence-corrected chi connectivity index (χ1v) is 6.73. The van der Waals surface area contributed by atoms with Gasteiger partial charge in [0, 0.05) is 29.2 Å². The molecule has 1 aromatic carbocycles. The molecule has 0 bridgehead atoms. The highest BCUT2D eigenvalue weighted by Gasteiger charge is 2.25. The van der Waals surface area contributed by atoms with E-state index >= 15 is 0 Å². The average molecular weight is 273 g/mol. The molecule has 2 N–H and O–H groups in total. The van der Waals surface area contributed by atoms with Crippen molar-refractivity contribution in [1.29, 1.82) is 0 Å². The molecule has 94 valence electrons. The van der Waals surface area contributed by atoms with E-state index in [9.17, 15) is 0 Å². The van der Waals surface area contributed by atoms with Crippen molar-refractivity contribution in [3.05, 3.63) is 33.8 Å². The summed E-state index contributed by atoms with van der Waals surface area (Å²) >= 11 is 12.1. The van der Waals surface area contributed by atoms with Crippen LogP contribution in [-0.2, 0) is 6.54 Å². The van der Waals surface area contributed by atoms with Crippen LogP contribution in [0.5, 0.6) is 0 Å². The molecular weight excluding hydrogens is 255 g/mol. The molecule has 2 rings (SSSR count). The molecule has 2 atom stereocenters. The van der Waals surface area contributed by atoms with Gasteiger partial charge in [0.25, 0.3) is 0 Å². The van der Waals surface area contributed by atoms with E-state index < -0.39 is 0 Å². The van der Waals surface area contributed by atoms with Gasteiger partial charge in [-0.3, -0.25) is 4.90 Å². The number of hydrogen-bond donors (Lipinski definition) is 1. The minimum absolute atomic E-state index is 0.273. The van der Waals surface area contributed by atoms with Gasteiger partial charge in [0.1, 0.15) is 0 Å². The third-order valence-electron chi connectivity index (χ3n) is 3.45. The van der Waals surface area contributed by atoms with Crippen LogP contribution in [0.2, 0.25) is 10.0 Å². The molecule has 17 heavy (non-hydrogen) atoms. The average Bonchev–Trinajstić information content (AvgIpc) is 2.72. The predicted octanol–water partition coefficient (Wildman–Crippen LogP) is 3.16. The number of benzene rings is 1. The Bertz CT molecular complexity index is 393. The van der Waals surface area contributed by atoms with E-state index in [1.54, 1.807) is 0 Å². The van der Waals surface area contributed by atoms with Crippen LogP contribution in [0, 0.1) is 5.92 Å². The Hall–Kier alpha value is -0.280. The van der Waals surface area contributed by atoms with E-state index in [0.717, 1.165) is 35.2 Å². The maximum Gasteiger partial charge on any atom is 0.0452 e. The summed E-state index contributed by atoms with van der Waals surface area (Å²) in [6.45, 7) is 5.10. The Morgan fingerprint density at radius 1 is 1.47 bits per heavy atom. The highest BCUT2D eigenvalue weighted by Crippen LogP contribution is 2.25. The van der Waals surface area contributed by atoms with E-state index in [-0.39, 0.29) is 6.04 Å². The zero-order chi connectivity index (χ0) is 12.4. The first-order valence-electron chi connectivity index (χ1n) is 5.98. The zero-order valence-corrected chi connectivity index (χ0v) is 11.5. The monoisotopic (exact) mass is 272 g/mol. The maximum absolute atomic E-state index is 6.16. The fourth-order valence-electron chi connectivity index (χ4n) is 2.34. The summed E-state index contributed by atoms with van der Waals surface area (Å²) in [4.78, 5) is 2.39. The largest absolute Gasteiger partial charge is 0.328 e. The van der Waals surface area contributed by atoms with Crippen molar-refractivity contribution in [2.45, 2.75) is 25.9 Å². The van der Waals surface area contributed by atoms with Crippen molar-refractivity contribution >= 4 is 23.2 Å². The van der Waals surface area contributed by atoms with Gasteiger partial charge in [0.15, 0.2) is 0 Å². The Kier molecular flexibility index (Phi) is 4.31. The molecular formula is C13H18Cl2N2. The van der Waals surface area contributed by atoms with Gasteiger partial charge in [-0.05, 0) is 49.6 Å². The second-order valence-electron chi connectivity index (χ2n) is 4.88. The van der Waals surface area contributed by atoms with Gasteiger partial charge in [-0.1, -0.05) is 23.2 Å². The molecule has 1 aromatic rings. The van der Waals surface area contributed by atoms with Crippen molar-refractivity contribution in [1.82, 2.24) is 4.90 Å². The quantitative estimate of drug-likeness (QED) is 0.916. The van der Waals surface area contributed by atoms with Crippen LogP contribution in [0.3, 0.4) is 0 Å². The number of halogens is 2. The van der Waals surface area contributed by atoms with Gasteiger partial charge in [-0.15, -0.1) is 0 Å². The van der Waals surface area contributed by atoms with Crippen molar-refractivity contribution in [2.24, 2.45) is 11.7 Å². The van der Waals surface area contributed by atoms with Crippen molar-refractivity contribution < 1.29 is 0 Å². The molecule has 1 aliphatic heterocycles. The summed E-state index contributed by atoms with van der Waals surface area (Å²) in [6.07, 6.45) is 1.18. The van der Waals surface area contributed by atoms with E-state index in [1.165, 1.54) is 6.42 Å². The van der Waals surface area contributed by atoms with Crippen LogP contribution in [0.1, 0.15) is 18.9 Å². The lowest BCUT2D eigenvalue weighted by molar-refractivity contribution is 0.308. The van der Waals surface area contributed by atoms with Crippen LogP contribution in [0.25, 0.3) is 0 Å². The summed E-state index contributed by atoms with van der Waals surface area (Å²) in [7, 11) is 0. The van der Waals surface area contributed by atoms with Gasteiger partial charge < -0.3 is 5.73 Å². The Morgan fingerprint density at radius 3 is 2.88 bits per heavy atom. The molecule has 0 spiro atoms. The molecule has 1 heterocycles. The molecule has 0 amide bonds. The van der Waals surface area contributed by atoms with Crippen molar-refractivity contribution in [3.8, 4) is 0 Å². The summed E-state index contributed by atoms with van der Waals surface area (Å²) < 4.78 is 0. The van der Waals surface area contributed by atoms with Gasteiger partial charge >= 0.3 is 0 Å². The number of nitrogens with two attached hydrogens (primary N) is 1. The minimum Gasteiger partial charge on any atom is -0.328 e. The van der Waals surface area contributed by atoms with Crippen molar-refractivity contribution in [3.63, 3.8) is 0 Å². The lowest BCUT2D eigenvalue weighted by atomic mass is 10.0. The molecule has 0 saturated carbocycles. The number of nitrogens with zero attached hydrogens (tertiary/aromatic N) is 1. The molecule has 2 nitrogen and oxygen atoms in total. The zero-order valence-electron chi connectivity index (χ0n) is 10.00. The van der Waals surface area contributed by atoms with Gasteiger partial charge in [0.05, 0.1) is 0 Å². The lowest BCUT2D eigenvalue weighted by Crippen LogP contribution is -2.29. The molecule has 0 radical (unpaired) electrons. The SMILES string of the molecule is CC(N)C1CCN(Cc2cc(Cl)ccc2Cl)C1. The standard InChI is InChI=1S/C13H18Cl2N2/c1-9(16)10-4-5-17(7-10)8-11-6-12(14)2-3-13(11)15/h2-3,6,9-10H,4-5,7-8,16H2,1H3.